The van der Waals surface area contributed by atoms with Crippen molar-refractivity contribution in [2.24, 2.45) is 0 Å². The number of hydrogen-bond donors (Lipinski definition) is 1. The maximum absolute atomic E-state index is 13.1. The Morgan fingerprint density at radius 1 is 0.938 bits per heavy atom. The third-order valence-corrected chi connectivity index (χ3v) is 7.11. The van der Waals surface area contributed by atoms with Gasteiger partial charge in [-0.05, 0) is 53.4 Å². The van der Waals surface area contributed by atoms with Crippen LogP contribution in [0.25, 0.3) is 0 Å². The zero-order valence-electron chi connectivity index (χ0n) is 17.3. The fourth-order valence-corrected chi connectivity index (χ4v) is 5.02. The number of fused-ring (bicyclic) bond motifs is 2. The Balaban J connectivity index is 1.30. The van der Waals surface area contributed by atoms with Gasteiger partial charge >= 0.3 is 0 Å². The van der Waals surface area contributed by atoms with E-state index in [-0.39, 0.29) is 24.1 Å². The monoisotopic (exact) mass is 450 g/mol. The lowest BCUT2D eigenvalue weighted by molar-refractivity contribution is 0.0734. The van der Waals surface area contributed by atoms with Crippen LogP contribution in [0.4, 0.5) is 0 Å². The van der Waals surface area contributed by atoms with Gasteiger partial charge in [-0.25, -0.2) is 13.1 Å². The molecular weight excluding hydrogens is 428 g/mol. The molecule has 0 aromatic heterocycles. The zero-order valence-corrected chi connectivity index (χ0v) is 18.1. The standard InChI is InChI=1S/C24H22N2O5S/c27-24(26-11-10-18-4-1-2-5-20(18)15-26)19-6-3-7-21(13-19)32(28,29)25-14-17-8-9-22-23(12-17)31-16-30-22/h1-9,12-13,25H,10-11,14-16H2. The highest BCUT2D eigenvalue weighted by atomic mass is 32.2. The number of rotatable bonds is 5. The normalized spacial score (nSPS) is 14.8. The van der Waals surface area contributed by atoms with Crippen LogP contribution in [-0.2, 0) is 29.5 Å². The fraction of sp³-hybridized carbons (Fsp3) is 0.208. The summed E-state index contributed by atoms with van der Waals surface area (Å²) in [5, 5.41) is 0. The largest absolute Gasteiger partial charge is 0.454 e. The number of carbonyl (C=O) groups is 1. The van der Waals surface area contributed by atoms with Crippen LogP contribution in [0.2, 0.25) is 0 Å². The van der Waals surface area contributed by atoms with Crippen LogP contribution in [0.15, 0.2) is 71.6 Å². The maximum Gasteiger partial charge on any atom is 0.254 e. The second kappa shape index (κ2) is 8.29. The predicted molar refractivity (Wildman–Crippen MR) is 118 cm³/mol. The maximum atomic E-state index is 13.1. The van der Waals surface area contributed by atoms with Crippen molar-refractivity contribution in [2.75, 3.05) is 13.3 Å². The van der Waals surface area contributed by atoms with E-state index < -0.39 is 10.0 Å². The Morgan fingerprint density at radius 2 is 1.75 bits per heavy atom. The molecule has 0 aliphatic carbocycles. The molecule has 8 heteroatoms. The highest BCUT2D eigenvalue weighted by molar-refractivity contribution is 7.89. The van der Waals surface area contributed by atoms with Crippen molar-refractivity contribution in [2.45, 2.75) is 24.4 Å². The van der Waals surface area contributed by atoms with Gasteiger partial charge in [-0.2, -0.15) is 0 Å². The summed E-state index contributed by atoms with van der Waals surface area (Å²) in [5.41, 5.74) is 3.48. The number of carbonyl (C=O) groups excluding carboxylic acids is 1. The summed E-state index contributed by atoms with van der Waals surface area (Å²) in [6.07, 6.45) is 0.789. The molecule has 2 aliphatic heterocycles. The van der Waals surface area contributed by atoms with Crippen molar-refractivity contribution in [3.05, 3.63) is 89.0 Å². The van der Waals surface area contributed by atoms with Crippen LogP contribution in [0.1, 0.15) is 27.0 Å². The molecule has 7 nitrogen and oxygen atoms in total. The number of nitrogens with zero attached hydrogens (tertiary/aromatic N) is 1. The van der Waals surface area contributed by atoms with Crippen LogP contribution < -0.4 is 14.2 Å². The summed E-state index contributed by atoms with van der Waals surface area (Å²) in [6.45, 7) is 1.39. The fourth-order valence-electron chi connectivity index (χ4n) is 3.96. The van der Waals surface area contributed by atoms with E-state index >= 15 is 0 Å². The second-order valence-corrected chi connectivity index (χ2v) is 9.55. The number of nitrogens with one attached hydrogen (secondary N) is 1. The summed E-state index contributed by atoms with van der Waals surface area (Å²) in [7, 11) is -3.80. The van der Waals surface area contributed by atoms with Crippen molar-refractivity contribution >= 4 is 15.9 Å². The molecular formula is C24H22N2O5S. The predicted octanol–water partition coefficient (Wildman–Crippen LogP) is 3.09. The molecule has 0 bridgehead atoms. The molecule has 0 atom stereocenters. The van der Waals surface area contributed by atoms with Crippen molar-refractivity contribution in [1.29, 1.82) is 0 Å². The minimum Gasteiger partial charge on any atom is -0.454 e. The van der Waals surface area contributed by atoms with Crippen molar-refractivity contribution in [3.63, 3.8) is 0 Å². The molecule has 32 heavy (non-hydrogen) atoms. The van der Waals surface area contributed by atoms with Gasteiger partial charge in [-0.15, -0.1) is 0 Å². The molecule has 0 unspecified atom stereocenters. The van der Waals surface area contributed by atoms with E-state index in [4.69, 9.17) is 9.47 Å². The SMILES string of the molecule is O=C(c1cccc(S(=O)(=O)NCc2ccc3c(c2)OCO3)c1)N1CCc2ccccc2C1. The molecule has 1 amide bonds. The van der Waals surface area contributed by atoms with Crippen molar-refractivity contribution < 1.29 is 22.7 Å². The number of hydrogen-bond acceptors (Lipinski definition) is 5. The highest BCUT2D eigenvalue weighted by Gasteiger charge is 2.23. The van der Waals surface area contributed by atoms with E-state index in [0.29, 0.717) is 30.2 Å². The van der Waals surface area contributed by atoms with Gasteiger partial charge < -0.3 is 14.4 Å². The zero-order chi connectivity index (χ0) is 22.1. The van der Waals surface area contributed by atoms with Gasteiger partial charge in [0.15, 0.2) is 11.5 Å². The van der Waals surface area contributed by atoms with Crippen LogP contribution in [-0.4, -0.2) is 32.6 Å². The Bertz CT molecular complexity index is 1290. The van der Waals surface area contributed by atoms with Crippen molar-refractivity contribution in [1.82, 2.24) is 9.62 Å². The molecule has 3 aromatic carbocycles. The van der Waals surface area contributed by atoms with E-state index in [9.17, 15) is 13.2 Å². The summed E-state index contributed by atoms with van der Waals surface area (Å²) in [6, 6.07) is 19.5. The lowest BCUT2D eigenvalue weighted by Gasteiger charge is -2.29. The number of amides is 1. The third kappa shape index (κ3) is 4.06. The van der Waals surface area contributed by atoms with Gasteiger partial charge in [0, 0.05) is 25.2 Å². The van der Waals surface area contributed by atoms with E-state index in [1.54, 1.807) is 35.2 Å². The smallest absolute Gasteiger partial charge is 0.254 e. The van der Waals surface area contributed by atoms with Gasteiger partial charge in [0.25, 0.3) is 5.91 Å². The summed E-state index contributed by atoms with van der Waals surface area (Å²) in [4.78, 5) is 14.9. The van der Waals surface area contributed by atoms with Gasteiger partial charge in [-0.1, -0.05) is 36.4 Å². The highest BCUT2D eigenvalue weighted by Crippen LogP contribution is 2.32. The van der Waals surface area contributed by atoms with E-state index in [0.717, 1.165) is 17.5 Å². The van der Waals surface area contributed by atoms with Crippen LogP contribution >= 0.6 is 0 Å². The lowest BCUT2D eigenvalue weighted by atomic mass is 9.99. The molecule has 0 saturated heterocycles. The van der Waals surface area contributed by atoms with Gasteiger partial charge in [0.2, 0.25) is 16.8 Å². The van der Waals surface area contributed by atoms with Crippen molar-refractivity contribution in [3.8, 4) is 11.5 Å². The second-order valence-electron chi connectivity index (χ2n) is 7.79. The Hall–Kier alpha value is -3.36. The van der Waals surface area contributed by atoms with Gasteiger partial charge in [0.05, 0.1) is 4.90 Å². The topological polar surface area (TPSA) is 84.9 Å². The van der Waals surface area contributed by atoms with Gasteiger partial charge in [-0.3, -0.25) is 4.79 Å². The number of sulfonamides is 1. The lowest BCUT2D eigenvalue weighted by Crippen LogP contribution is -2.36. The molecule has 164 valence electrons. The molecule has 2 heterocycles. The van der Waals surface area contributed by atoms with Crippen LogP contribution in [0.5, 0.6) is 11.5 Å². The first kappa shape index (κ1) is 20.5. The minimum absolute atomic E-state index is 0.0569. The molecule has 3 aromatic rings. The van der Waals surface area contributed by atoms with Crippen LogP contribution in [0, 0.1) is 0 Å². The molecule has 5 rings (SSSR count). The van der Waals surface area contributed by atoms with E-state index in [2.05, 4.69) is 10.8 Å². The quantitative estimate of drug-likeness (QED) is 0.646. The first-order valence-electron chi connectivity index (χ1n) is 10.3. The first-order chi connectivity index (χ1) is 15.5. The Labute approximate surface area is 186 Å². The molecule has 0 saturated carbocycles. The molecule has 0 fully saturated rings. The molecule has 0 radical (unpaired) electrons. The summed E-state index contributed by atoms with van der Waals surface area (Å²) < 4.78 is 38.9. The van der Waals surface area contributed by atoms with Crippen LogP contribution in [0.3, 0.4) is 0 Å². The first-order valence-corrected chi connectivity index (χ1v) is 11.8. The van der Waals surface area contributed by atoms with E-state index in [1.807, 2.05) is 18.2 Å². The average Bonchev–Trinajstić information content (AvgIpc) is 3.30. The minimum atomic E-state index is -3.80. The Morgan fingerprint density at radius 3 is 2.62 bits per heavy atom. The Kier molecular flexibility index (Phi) is 5.32. The average molecular weight is 451 g/mol. The number of benzene rings is 3. The molecule has 1 N–H and O–H groups in total. The third-order valence-electron chi connectivity index (χ3n) is 5.71. The summed E-state index contributed by atoms with van der Waals surface area (Å²) in [5.74, 6) is 1.06. The van der Waals surface area contributed by atoms with E-state index in [1.165, 1.54) is 17.7 Å². The summed E-state index contributed by atoms with van der Waals surface area (Å²) >= 11 is 0. The number of ether oxygens (including phenoxy) is 2. The molecule has 2 aliphatic rings. The van der Waals surface area contributed by atoms with Gasteiger partial charge in [0.1, 0.15) is 0 Å². The molecule has 0 spiro atoms.